The van der Waals surface area contributed by atoms with Gasteiger partial charge in [-0.25, -0.2) is 0 Å². The molecule has 0 radical (unpaired) electrons. The van der Waals surface area contributed by atoms with Crippen LogP contribution in [0.2, 0.25) is 0 Å². The molecule has 0 bridgehead atoms. The molecular weight excluding hydrogens is 164 g/mol. The molecule has 1 unspecified atom stereocenters. The van der Waals surface area contributed by atoms with Gasteiger partial charge < -0.3 is 5.11 Å². The van der Waals surface area contributed by atoms with Gasteiger partial charge in [-0.1, -0.05) is 36.9 Å². The fourth-order valence-electron chi connectivity index (χ4n) is 0.960. The minimum atomic E-state index is -1.14. The van der Waals surface area contributed by atoms with E-state index >= 15 is 0 Å². The van der Waals surface area contributed by atoms with E-state index in [0.717, 1.165) is 0 Å². The SMILES string of the molecule is C=C=CC(O)C(=O)c1ccccc1. The molecule has 0 aliphatic rings. The van der Waals surface area contributed by atoms with Crippen molar-refractivity contribution < 1.29 is 9.90 Å². The zero-order chi connectivity index (χ0) is 9.68. The third-order valence-corrected chi connectivity index (χ3v) is 1.60. The van der Waals surface area contributed by atoms with Gasteiger partial charge in [-0.15, -0.1) is 5.73 Å². The summed E-state index contributed by atoms with van der Waals surface area (Å²) in [7, 11) is 0. The van der Waals surface area contributed by atoms with Gasteiger partial charge in [0.15, 0.2) is 5.78 Å². The van der Waals surface area contributed by atoms with Gasteiger partial charge >= 0.3 is 0 Å². The highest BCUT2D eigenvalue weighted by Gasteiger charge is 2.12. The van der Waals surface area contributed by atoms with Crippen molar-refractivity contribution in [3.05, 3.63) is 54.3 Å². The van der Waals surface area contributed by atoms with Gasteiger partial charge in [0.2, 0.25) is 0 Å². The Morgan fingerprint density at radius 3 is 2.62 bits per heavy atom. The molecule has 0 aromatic heterocycles. The Balaban J connectivity index is 2.86. The van der Waals surface area contributed by atoms with Crippen LogP contribution in [0.15, 0.2) is 48.7 Å². The minimum absolute atomic E-state index is 0.336. The lowest BCUT2D eigenvalue weighted by Gasteiger charge is -2.02. The van der Waals surface area contributed by atoms with Crippen molar-refractivity contribution in [2.75, 3.05) is 0 Å². The molecule has 0 heterocycles. The predicted molar refractivity (Wildman–Crippen MR) is 50.5 cm³/mol. The van der Waals surface area contributed by atoms with Crippen molar-refractivity contribution in [1.82, 2.24) is 0 Å². The largest absolute Gasteiger partial charge is 0.380 e. The van der Waals surface area contributed by atoms with E-state index < -0.39 is 6.10 Å². The minimum Gasteiger partial charge on any atom is -0.380 e. The molecule has 0 spiro atoms. The van der Waals surface area contributed by atoms with Crippen LogP contribution in [0.3, 0.4) is 0 Å². The summed E-state index contributed by atoms with van der Waals surface area (Å²) >= 11 is 0. The average molecular weight is 174 g/mol. The maximum absolute atomic E-state index is 11.4. The Morgan fingerprint density at radius 1 is 1.46 bits per heavy atom. The molecule has 1 aromatic rings. The molecule has 0 aliphatic heterocycles. The Kier molecular flexibility index (Phi) is 3.21. The number of benzene rings is 1. The van der Waals surface area contributed by atoms with Crippen LogP contribution in [-0.4, -0.2) is 17.0 Å². The third kappa shape index (κ3) is 2.41. The molecule has 1 atom stereocenters. The number of Topliss-reactive ketones (excluding diaryl/α,β-unsaturated/α-hetero) is 1. The Hall–Kier alpha value is -1.63. The number of hydrogen-bond donors (Lipinski definition) is 1. The first-order valence-corrected chi connectivity index (χ1v) is 3.89. The highest BCUT2D eigenvalue weighted by atomic mass is 16.3. The molecular formula is C11H10O2. The molecule has 13 heavy (non-hydrogen) atoms. The molecule has 0 aliphatic carbocycles. The van der Waals surface area contributed by atoms with Crippen molar-refractivity contribution in [3.63, 3.8) is 0 Å². The van der Waals surface area contributed by atoms with E-state index in [2.05, 4.69) is 12.3 Å². The summed E-state index contributed by atoms with van der Waals surface area (Å²) in [5, 5.41) is 9.26. The van der Waals surface area contributed by atoms with E-state index in [-0.39, 0.29) is 5.78 Å². The van der Waals surface area contributed by atoms with E-state index in [4.69, 9.17) is 0 Å². The van der Waals surface area contributed by atoms with E-state index in [9.17, 15) is 9.90 Å². The third-order valence-electron chi connectivity index (χ3n) is 1.60. The van der Waals surface area contributed by atoms with Gasteiger partial charge in [0.25, 0.3) is 0 Å². The first kappa shape index (κ1) is 9.46. The maximum Gasteiger partial charge on any atom is 0.195 e. The summed E-state index contributed by atoms with van der Waals surface area (Å²) in [4.78, 5) is 11.4. The van der Waals surface area contributed by atoms with Crippen molar-refractivity contribution >= 4 is 5.78 Å². The summed E-state index contributed by atoms with van der Waals surface area (Å²) < 4.78 is 0. The molecule has 1 N–H and O–H groups in total. The van der Waals surface area contributed by atoms with Gasteiger partial charge in [-0.05, 0) is 6.08 Å². The van der Waals surface area contributed by atoms with Gasteiger partial charge in [0, 0.05) is 5.56 Å². The molecule has 66 valence electrons. The summed E-state index contributed by atoms with van der Waals surface area (Å²) in [6, 6.07) is 8.62. The molecule has 1 aromatic carbocycles. The van der Waals surface area contributed by atoms with Crippen LogP contribution in [0, 0.1) is 0 Å². The van der Waals surface area contributed by atoms with Gasteiger partial charge in [0.1, 0.15) is 6.10 Å². The van der Waals surface area contributed by atoms with E-state index in [1.165, 1.54) is 6.08 Å². The monoisotopic (exact) mass is 174 g/mol. The van der Waals surface area contributed by atoms with Crippen molar-refractivity contribution in [1.29, 1.82) is 0 Å². The first-order valence-electron chi connectivity index (χ1n) is 3.89. The lowest BCUT2D eigenvalue weighted by molar-refractivity contribution is 0.0821. The predicted octanol–water partition coefficient (Wildman–Crippen LogP) is 1.57. The van der Waals surface area contributed by atoms with Crippen LogP contribution < -0.4 is 0 Å². The maximum atomic E-state index is 11.4. The van der Waals surface area contributed by atoms with Crippen LogP contribution in [0.5, 0.6) is 0 Å². The summed E-state index contributed by atoms with van der Waals surface area (Å²) in [5.74, 6) is -0.336. The van der Waals surface area contributed by atoms with Gasteiger partial charge in [0.05, 0.1) is 0 Å². The highest BCUT2D eigenvalue weighted by Crippen LogP contribution is 2.03. The fraction of sp³-hybridized carbons (Fsp3) is 0.0909. The van der Waals surface area contributed by atoms with E-state index in [0.29, 0.717) is 5.56 Å². The fourth-order valence-corrected chi connectivity index (χ4v) is 0.960. The number of ketones is 1. The van der Waals surface area contributed by atoms with Crippen molar-refractivity contribution in [2.24, 2.45) is 0 Å². The Labute approximate surface area is 76.8 Å². The van der Waals surface area contributed by atoms with Crippen molar-refractivity contribution in [2.45, 2.75) is 6.10 Å². The lowest BCUT2D eigenvalue weighted by Crippen LogP contribution is -2.17. The average Bonchev–Trinajstić information content (AvgIpc) is 2.18. The van der Waals surface area contributed by atoms with Gasteiger partial charge in [-0.3, -0.25) is 4.79 Å². The number of rotatable bonds is 3. The summed E-state index contributed by atoms with van der Waals surface area (Å²) in [6.45, 7) is 3.28. The molecule has 1 rings (SSSR count). The quantitative estimate of drug-likeness (QED) is 0.558. The van der Waals surface area contributed by atoms with E-state index in [1.54, 1.807) is 24.3 Å². The molecule has 2 nitrogen and oxygen atoms in total. The van der Waals surface area contributed by atoms with Crippen LogP contribution in [0.25, 0.3) is 0 Å². The number of carbonyl (C=O) groups is 1. The van der Waals surface area contributed by atoms with Crippen LogP contribution >= 0.6 is 0 Å². The van der Waals surface area contributed by atoms with Crippen LogP contribution in [-0.2, 0) is 0 Å². The summed E-state index contributed by atoms with van der Waals surface area (Å²) in [5.41, 5.74) is 2.86. The number of aliphatic hydroxyl groups excluding tert-OH is 1. The topological polar surface area (TPSA) is 37.3 Å². The van der Waals surface area contributed by atoms with Gasteiger partial charge in [-0.2, -0.15) is 0 Å². The first-order chi connectivity index (χ1) is 6.25. The second-order valence-corrected chi connectivity index (χ2v) is 2.55. The second-order valence-electron chi connectivity index (χ2n) is 2.55. The summed E-state index contributed by atoms with van der Waals surface area (Å²) in [6.07, 6.45) is 0.0925. The zero-order valence-electron chi connectivity index (χ0n) is 7.10. The molecule has 0 saturated carbocycles. The molecule has 2 heteroatoms. The standard InChI is InChI=1S/C11H10O2/c1-2-6-10(12)11(13)9-7-4-3-5-8-9/h3-8,10,12H,1H2. The molecule has 0 fully saturated rings. The molecule has 0 saturated heterocycles. The number of aliphatic hydroxyl groups is 1. The number of hydrogen-bond acceptors (Lipinski definition) is 2. The second kappa shape index (κ2) is 4.41. The molecule has 0 amide bonds. The zero-order valence-corrected chi connectivity index (χ0v) is 7.10. The Bertz CT molecular complexity index is 334. The van der Waals surface area contributed by atoms with Crippen molar-refractivity contribution in [3.8, 4) is 0 Å². The number of carbonyl (C=O) groups excluding carboxylic acids is 1. The van der Waals surface area contributed by atoms with E-state index in [1.807, 2.05) is 6.07 Å². The van der Waals surface area contributed by atoms with Crippen LogP contribution in [0.4, 0.5) is 0 Å². The smallest absolute Gasteiger partial charge is 0.195 e. The normalized spacial score (nSPS) is 11.5. The van der Waals surface area contributed by atoms with Crippen LogP contribution in [0.1, 0.15) is 10.4 Å². The lowest BCUT2D eigenvalue weighted by atomic mass is 10.1. The highest BCUT2D eigenvalue weighted by molar-refractivity contribution is 6.00. The Morgan fingerprint density at radius 2 is 2.08 bits per heavy atom.